The van der Waals surface area contributed by atoms with Crippen LogP contribution in [0.1, 0.15) is 20.3 Å². The summed E-state index contributed by atoms with van der Waals surface area (Å²) in [6.07, 6.45) is 2.94. The molecule has 4 heteroatoms. The molecule has 0 radical (unpaired) electrons. The van der Waals surface area contributed by atoms with Crippen molar-refractivity contribution in [3.8, 4) is 0 Å². The lowest BCUT2D eigenvalue weighted by Gasteiger charge is -2.26. The second-order valence-corrected chi connectivity index (χ2v) is 3.45. The third-order valence-corrected chi connectivity index (χ3v) is 2.16. The van der Waals surface area contributed by atoms with Gasteiger partial charge in [0.1, 0.15) is 0 Å². The van der Waals surface area contributed by atoms with E-state index >= 15 is 0 Å². The number of β-amino-alcohol motifs (C(OH)–C–C–N with tert-alkyl or cyclic N) is 1. The molecular weight excluding hydrogens is 170 g/mol. The summed E-state index contributed by atoms with van der Waals surface area (Å²) < 4.78 is 0. The lowest BCUT2D eigenvalue weighted by Crippen LogP contribution is -2.43. The molecule has 1 atom stereocenters. The highest BCUT2D eigenvalue weighted by atomic mass is 16.3. The summed E-state index contributed by atoms with van der Waals surface area (Å²) in [6, 6.07) is 0. The number of amides is 2. The van der Waals surface area contributed by atoms with Crippen LogP contribution in [-0.2, 0) is 9.59 Å². The Labute approximate surface area is 76.8 Å². The maximum Gasteiger partial charge on any atom is 0.253 e. The molecule has 1 N–H and O–H groups in total. The first-order valence-corrected chi connectivity index (χ1v) is 4.22. The van der Waals surface area contributed by atoms with E-state index in [-0.39, 0.29) is 18.4 Å². The van der Waals surface area contributed by atoms with Gasteiger partial charge in [0.25, 0.3) is 11.8 Å². The fraction of sp³-hybridized carbons (Fsp3) is 0.556. The predicted molar refractivity (Wildman–Crippen MR) is 46.8 cm³/mol. The largest absolute Gasteiger partial charge is 0.388 e. The van der Waals surface area contributed by atoms with Crippen molar-refractivity contribution in [3.05, 3.63) is 12.2 Å². The molecule has 2 amide bonds. The summed E-state index contributed by atoms with van der Waals surface area (Å²) in [5.74, 6) is -0.697. The first kappa shape index (κ1) is 9.92. The summed E-state index contributed by atoms with van der Waals surface area (Å²) in [6.45, 7) is 3.47. The van der Waals surface area contributed by atoms with E-state index in [0.29, 0.717) is 6.42 Å². The summed E-state index contributed by atoms with van der Waals surface area (Å²) in [5, 5.41) is 9.65. The molecule has 0 aromatic carbocycles. The second kappa shape index (κ2) is 3.30. The Morgan fingerprint density at radius 3 is 2.23 bits per heavy atom. The van der Waals surface area contributed by atoms with Crippen molar-refractivity contribution in [2.45, 2.75) is 25.9 Å². The van der Waals surface area contributed by atoms with E-state index < -0.39 is 5.60 Å². The van der Waals surface area contributed by atoms with Gasteiger partial charge in [-0.1, -0.05) is 6.92 Å². The third kappa shape index (κ3) is 2.15. The molecular formula is C9H13NO3. The van der Waals surface area contributed by atoms with Gasteiger partial charge in [-0.15, -0.1) is 0 Å². The summed E-state index contributed by atoms with van der Waals surface area (Å²) in [7, 11) is 0. The number of carbonyl (C=O) groups is 2. The molecule has 0 saturated heterocycles. The quantitative estimate of drug-likeness (QED) is 0.630. The van der Waals surface area contributed by atoms with Crippen molar-refractivity contribution >= 4 is 11.8 Å². The zero-order chi connectivity index (χ0) is 10.1. The van der Waals surface area contributed by atoms with Crippen LogP contribution in [0.2, 0.25) is 0 Å². The minimum atomic E-state index is -0.989. The monoisotopic (exact) mass is 183 g/mol. The second-order valence-electron chi connectivity index (χ2n) is 3.45. The van der Waals surface area contributed by atoms with Crippen LogP contribution in [0.3, 0.4) is 0 Å². The van der Waals surface area contributed by atoms with Gasteiger partial charge < -0.3 is 5.11 Å². The molecule has 0 spiro atoms. The third-order valence-electron chi connectivity index (χ3n) is 2.16. The molecule has 1 heterocycles. The van der Waals surface area contributed by atoms with Crippen LogP contribution < -0.4 is 0 Å². The van der Waals surface area contributed by atoms with Crippen LogP contribution in [0.5, 0.6) is 0 Å². The van der Waals surface area contributed by atoms with Gasteiger partial charge in [-0.05, 0) is 13.3 Å². The van der Waals surface area contributed by atoms with Crippen molar-refractivity contribution < 1.29 is 14.7 Å². The molecule has 1 aliphatic rings. The SMILES string of the molecule is CCC(C)(O)CN1C(=O)C=CC1=O. The van der Waals surface area contributed by atoms with Crippen molar-refractivity contribution in [1.82, 2.24) is 4.90 Å². The standard InChI is InChI=1S/C9H13NO3/c1-3-9(2,13)6-10-7(11)4-5-8(10)12/h4-5,13H,3,6H2,1-2H3. The van der Waals surface area contributed by atoms with E-state index in [9.17, 15) is 14.7 Å². The number of aliphatic hydroxyl groups is 1. The van der Waals surface area contributed by atoms with Gasteiger partial charge in [-0.2, -0.15) is 0 Å². The van der Waals surface area contributed by atoms with Crippen molar-refractivity contribution in [2.24, 2.45) is 0 Å². The lowest BCUT2D eigenvalue weighted by atomic mass is 10.0. The number of nitrogens with zero attached hydrogens (tertiary/aromatic N) is 1. The summed E-state index contributed by atoms with van der Waals surface area (Å²) >= 11 is 0. The molecule has 4 nitrogen and oxygen atoms in total. The van der Waals surface area contributed by atoms with Crippen LogP contribution >= 0.6 is 0 Å². The maximum absolute atomic E-state index is 11.1. The number of imide groups is 1. The predicted octanol–water partition coefficient (Wildman–Crippen LogP) is 0.0724. The average Bonchev–Trinajstić information content (AvgIpc) is 2.36. The van der Waals surface area contributed by atoms with E-state index in [2.05, 4.69) is 0 Å². The smallest absolute Gasteiger partial charge is 0.253 e. The van der Waals surface area contributed by atoms with Gasteiger partial charge in [0.2, 0.25) is 0 Å². The van der Waals surface area contributed by atoms with Crippen LogP contribution in [0.4, 0.5) is 0 Å². The highest BCUT2D eigenvalue weighted by Gasteiger charge is 2.30. The molecule has 1 rings (SSSR count). The van der Waals surface area contributed by atoms with Gasteiger partial charge in [0.15, 0.2) is 0 Å². The average molecular weight is 183 g/mol. The van der Waals surface area contributed by atoms with Crippen LogP contribution in [-0.4, -0.2) is 34.0 Å². The molecule has 1 unspecified atom stereocenters. The number of carbonyl (C=O) groups excluding carboxylic acids is 2. The molecule has 0 aromatic rings. The first-order valence-electron chi connectivity index (χ1n) is 4.22. The van der Waals surface area contributed by atoms with Gasteiger partial charge in [0, 0.05) is 12.2 Å². The van der Waals surface area contributed by atoms with Crippen LogP contribution in [0, 0.1) is 0 Å². The molecule has 0 aromatic heterocycles. The van der Waals surface area contributed by atoms with E-state index in [1.807, 2.05) is 0 Å². The number of hydrogen-bond donors (Lipinski definition) is 1. The van der Waals surface area contributed by atoms with Gasteiger partial charge in [-0.3, -0.25) is 14.5 Å². The fourth-order valence-corrected chi connectivity index (χ4v) is 1.04. The molecule has 0 saturated carbocycles. The highest BCUT2D eigenvalue weighted by molar-refractivity contribution is 6.12. The Morgan fingerprint density at radius 1 is 1.38 bits per heavy atom. The van der Waals surface area contributed by atoms with Gasteiger partial charge in [0.05, 0.1) is 12.1 Å². The molecule has 72 valence electrons. The van der Waals surface area contributed by atoms with E-state index in [1.165, 1.54) is 12.2 Å². The zero-order valence-corrected chi connectivity index (χ0v) is 7.78. The maximum atomic E-state index is 11.1. The van der Waals surface area contributed by atoms with E-state index in [4.69, 9.17) is 0 Å². The first-order chi connectivity index (χ1) is 5.96. The molecule has 13 heavy (non-hydrogen) atoms. The summed E-state index contributed by atoms with van der Waals surface area (Å²) in [5.41, 5.74) is -0.989. The Balaban J connectivity index is 2.65. The van der Waals surface area contributed by atoms with Crippen LogP contribution in [0.15, 0.2) is 12.2 Å². The van der Waals surface area contributed by atoms with Crippen molar-refractivity contribution in [3.63, 3.8) is 0 Å². The van der Waals surface area contributed by atoms with E-state index in [1.54, 1.807) is 13.8 Å². The minimum absolute atomic E-state index is 0.0637. The number of rotatable bonds is 3. The lowest BCUT2D eigenvalue weighted by molar-refractivity contribution is -0.140. The zero-order valence-electron chi connectivity index (χ0n) is 7.78. The molecule has 0 bridgehead atoms. The molecule has 0 fully saturated rings. The van der Waals surface area contributed by atoms with Gasteiger partial charge in [-0.25, -0.2) is 0 Å². The minimum Gasteiger partial charge on any atom is -0.388 e. The Morgan fingerprint density at radius 2 is 1.85 bits per heavy atom. The van der Waals surface area contributed by atoms with Gasteiger partial charge >= 0.3 is 0 Å². The Bertz CT molecular complexity index is 250. The Hall–Kier alpha value is -1.16. The normalized spacial score (nSPS) is 21.0. The molecule has 0 aliphatic carbocycles. The number of hydrogen-bond acceptors (Lipinski definition) is 3. The van der Waals surface area contributed by atoms with Crippen molar-refractivity contribution in [1.29, 1.82) is 0 Å². The topological polar surface area (TPSA) is 57.6 Å². The summed E-state index contributed by atoms with van der Waals surface area (Å²) in [4.78, 5) is 23.2. The molecule has 1 aliphatic heterocycles. The fourth-order valence-electron chi connectivity index (χ4n) is 1.04. The van der Waals surface area contributed by atoms with Crippen molar-refractivity contribution in [2.75, 3.05) is 6.54 Å². The van der Waals surface area contributed by atoms with Crippen LogP contribution in [0.25, 0.3) is 0 Å². The Kier molecular flexibility index (Phi) is 2.52. The highest BCUT2D eigenvalue weighted by Crippen LogP contribution is 2.14. The van der Waals surface area contributed by atoms with E-state index in [0.717, 1.165) is 4.90 Å².